The van der Waals surface area contributed by atoms with Gasteiger partial charge >= 0.3 is 6.01 Å². The fraction of sp³-hybridized carbons (Fsp3) is 0.471. The molecule has 0 radical (unpaired) electrons. The highest BCUT2D eigenvalue weighted by molar-refractivity contribution is 6.36. The second-order valence-corrected chi connectivity index (χ2v) is 12.8. The smallest absolute Gasteiger partial charge is 0.318 e. The fourth-order valence-corrected chi connectivity index (χ4v) is 7.53. The number of benzene rings is 2. The molecular weight excluding hydrogens is 593 g/mol. The van der Waals surface area contributed by atoms with E-state index < -0.39 is 5.82 Å². The average Bonchev–Trinajstić information content (AvgIpc) is 3.53. The quantitative estimate of drug-likeness (QED) is 0.250. The van der Waals surface area contributed by atoms with Crippen molar-refractivity contribution in [1.29, 1.82) is 0 Å². The van der Waals surface area contributed by atoms with Crippen LogP contribution in [0.3, 0.4) is 0 Å². The number of ether oxygens (including phenoxy) is 1. The highest BCUT2D eigenvalue weighted by Crippen LogP contribution is 2.38. The Bertz CT molecular complexity index is 1640. The van der Waals surface area contributed by atoms with E-state index in [1.54, 1.807) is 11.0 Å². The molecule has 0 unspecified atom stereocenters. The van der Waals surface area contributed by atoms with Gasteiger partial charge in [-0.3, -0.25) is 4.79 Å². The van der Waals surface area contributed by atoms with Crippen LogP contribution in [0.5, 0.6) is 6.01 Å². The molecule has 1 saturated heterocycles. The maximum atomic E-state index is 14.6. The number of fused-ring (bicyclic) bond motifs is 2. The molecule has 2 aliphatic heterocycles. The fourth-order valence-electron chi connectivity index (χ4n) is 7.26. The highest BCUT2D eigenvalue weighted by Gasteiger charge is 2.35. The minimum Gasteiger partial charge on any atom is -0.463 e. The lowest BCUT2D eigenvalue weighted by Crippen LogP contribution is -2.56. The minimum atomic E-state index is -0.444. The largest absolute Gasteiger partial charge is 0.463 e. The second kappa shape index (κ2) is 13.2. The molecule has 3 heterocycles. The van der Waals surface area contributed by atoms with E-state index in [-0.39, 0.29) is 23.5 Å². The Morgan fingerprint density at radius 1 is 1.20 bits per heavy atom. The molecule has 45 heavy (non-hydrogen) atoms. The van der Waals surface area contributed by atoms with Crippen molar-refractivity contribution in [2.45, 2.75) is 44.3 Å². The summed E-state index contributed by atoms with van der Waals surface area (Å²) in [6, 6.07) is 9.55. The van der Waals surface area contributed by atoms with Crippen LogP contribution in [0.25, 0.3) is 15.6 Å². The molecule has 0 bridgehead atoms. The zero-order valence-corrected chi connectivity index (χ0v) is 26.6. The van der Waals surface area contributed by atoms with Crippen molar-refractivity contribution in [3.63, 3.8) is 0 Å². The van der Waals surface area contributed by atoms with Gasteiger partial charge in [0.2, 0.25) is 12.5 Å². The third-order valence-electron chi connectivity index (χ3n) is 9.53. The SMILES string of the molecule is [C-]#[N+]C[C@H]1CN(c2nc(OC[C@H]3CCC[C@@H]3N(C)C)nc3c2CCN(c2cccc4ccc(F)c(Cl)c24)C3)CCN1C(=O)C=C. The van der Waals surface area contributed by atoms with Crippen molar-refractivity contribution in [2.75, 3.05) is 63.2 Å². The maximum Gasteiger partial charge on any atom is 0.318 e. The molecule has 236 valence electrons. The Balaban J connectivity index is 1.35. The predicted molar refractivity (Wildman–Crippen MR) is 175 cm³/mol. The van der Waals surface area contributed by atoms with Crippen LogP contribution in [0.1, 0.15) is 30.5 Å². The first-order valence-electron chi connectivity index (χ1n) is 15.6. The van der Waals surface area contributed by atoms with E-state index in [0.29, 0.717) is 69.1 Å². The number of hydrogen-bond donors (Lipinski definition) is 0. The van der Waals surface area contributed by atoms with Crippen molar-refractivity contribution >= 4 is 39.8 Å². The molecule has 9 nitrogen and oxygen atoms in total. The summed E-state index contributed by atoms with van der Waals surface area (Å²) < 4.78 is 21.0. The van der Waals surface area contributed by atoms with Gasteiger partial charge in [0.15, 0.2) is 0 Å². The predicted octanol–water partition coefficient (Wildman–Crippen LogP) is 5.22. The summed E-state index contributed by atoms with van der Waals surface area (Å²) in [5, 5.41) is 1.68. The van der Waals surface area contributed by atoms with Gasteiger partial charge < -0.3 is 29.2 Å². The zero-order valence-electron chi connectivity index (χ0n) is 25.9. The van der Waals surface area contributed by atoms with Crippen LogP contribution < -0.4 is 14.5 Å². The number of hydrogen-bond acceptors (Lipinski definition) is 7. The molecule has 1 amide bonds. The monoisotopic (exact) mass is 631 g/mol. The van der Waals surface area contributed by atoms with Gasteiger partial charge in [0.25, 0.3) is 0 Å². The molecule has 1 aromatic heterocycles. The van der Waals surface area contributed by atoms with Crippen LogP contribution in [0.4, 0.5) is 15.9 Å². The minimum absolute atomic E-state index is 0.117. The molecule has 2 fully saturated rings. The standard InChI is InChI=1S/C34H39ClFN7O2/c1-5-30(44)43-17-16-42(19-24(43)18-37-2)33-25-14-15-41(29-11-6-8-22-12-13-26(36)32(35)31(22)29)20-27(25)38-34(39-33)45-21-23-9-7-10-28(23)40(3)4/h5-6,8,11-13,23-24,28H,1,7,9-10,14-21H2,3-4H3/t23-,24+,28+/m1/s1. The summed E-state index contributed by atoms with van der Waals surface area (Å²) in [7, 11) is 4.24. The van der Waals surface area contributed by atoms with Crippen LogP contribution in [0.15, 0.2) is 43.0 Å². The van der Waals surface area contributed by atoms with Gasteiger partial charge in [0.1, 0.15) is 17.7 Å². The second-order valence-electron chi connectivity index (χ2n) is 12.4. The van der Waals surface area contributed by atoms with Crippen molar-refractivity contribution in [2.24, 2.45) is 5.92 Å². The van der Waals surface area contributed by atoms with Crippen molar-refractivity contribution < 1.29 is 13.9 Å². The molecule has 1 aliphatic carbocycles. The molecule has 1 saturated carbocycles. The van der Waals surface area contributed by atoms with E-state index in [1.807, 2.05) is 18.2 Å². The molecule has 0 N–H and O–H groups in total. The topological polar surface area (TPSA) is 69.4 Å². The summed E-state index contributed by atoms with van der Waals surface area (Å²) >= 11 is 6.51. The van der Waals surface area contributed by atoms with E-state index >= 15 is 0 Å². The van der Waals surface area contributed by atoms with Gasteiger partial charge in [-0.05, 0) is 57.0 Å². The average molecular weight is 632 g/mol. The van der Waals surface area contributed by atoms with Crippen LogP contribution in [0.2, 0.25) is 5.02 Å². The van der Waals surface area contributed by atoms with Gasteiger partial charge in [0, 0.05) is 54.8 Å². The van der Waals surface area contributed by atoms with Crippen molar-refractivity contribution in [1.82, 2.24) is 19.8 Å². The van der Waals surface area contributed by atoms with Crippen LogP contribution >= 0.6 is 11.6 Å². The first kappa shape index (κ1) is 31.1. The van der Waals surface area contributed by atoms with E-state index in [2.05, 4.69) is 40.2 Å². The summed E-state index contributed by atoms with van der Waals surface area (Å²) in [5.74, 6) is 0.585. The lowest BCUT2D eigenvalue weighted by atomic mass is 10.0. The van der Waals surface area contributed by atoms with Crippen molar-refractivity contribution in [3.05, 3.63) is 76.5 Å². The highest BCUT2D eigenvalue weighted by atomic mass is 35.5. The van der Waals surface area contributed by atoms with Crippen LogP contribution in [-0.4, -0.2) is 91.2 Å². The molecule has 11 heteroatoms. The van der Waals surface area contributed by atoms with E-state index in [0.717, 1.165) is 41.0 Å². The van der Waals surface area contributed by atoms with Gasteiger partial charge in [0.05, 0.1) is 23.9 Å². The number of halogens is 2. The molecule has 3 atom stereocenters. The number of piperazine rings is 1. The lowest BCUT2D eigenvalue weighted by molar-refractivity contribution is -0.128. The Kier molecular flexibility index (Phi) is 9.11. The number of amides is 1. The molecule has 0 spiro atoms. The van der Waals surface area contributed by atoms with Gasteiger partial charge in [-0.25, -0.2) is 11.0 Å². The van der Waals surface area contributed by atoms with Crippen LogP contribution in [0, 0.1) is 18.3 Å². The van der Waals surface area contributed by atoms with Gasteiger partial charge in [-0.2, -0.15) is 9.97 Å². The number of carbonyl (C=O) groups is 1. The summed E-state index contributed by atoms with van der Waals surface area (Å²) in [5.41, 5.74) is 2.75. The summed E-state index contributed by atoms with van der Waals surface area (Å²) in [6.07, 6.45) is 5.40. The number of nitrogens with zero attached hydrogens (tertiary/aromatic N) is 7. The number of carbonyl (C=O) groups excluding carboxylic acids is 1. The number of rotatable bonds is 8. The molecule has 3 aliphatic rings. The Labute approximate surface area is 269 Å². The zero-order chi connectivity index (χ0) is 31.7. The number of anilines is 2. The van der Waals surface area contributed by atoms with E-state index in [1.165, 1.54) is 18.6 Å². The normalized spacial score (nSPS) is 21.6. The van der Waals surface area contributed by atoms with Crippen molar-refractivity contribution in [3.8, 4) is 6.01 Å². The summed E-state index contributed by atoms with van der Waals surface area (Å²) in [6.45, 7) is 14.6. The van der Waals surface area contributed by atoms with Crippen LogP contribution in [-0.2, 0) is 17.8 Å². The summed E-state index contributed by atoms with van der Waals surface area (Å²) in [4.78, 5) is 34.5. The first-order chi connectivity index (χ1) is 21.8. The Morgan fingerprint density at radius 2 is 2.04 bits per heavy atom. The molecule has 3 aromatic rings. The Hall–Kier alpha value is -3.94. The van der Waals surface area contributed by atoms with Gasteiger partial charge in [-0.1, -0.05) is 42.8 Å². The lowest BCUT2D eigenvalue weighted by Gasteiger charge is -2.41. The maximum absolute atomic E-state index is 14.6. The van der Waals surface area contributed by atoms with E-state index in [4.69, 9.17) is 32.9 Å². The Morgan fingerprint density at radius 3 is 2.82 bits per heavy atom. The molecule has 6 rings (SSSR count). The molecule has 2 aromatic carbocycles. The third-order valence-corrected chi connectivity index (χ3v) is 9.90. The van der Waals surface area contributed by atoms with E-state index in [9.17, 15) is 9.18 Å². The first-order valence-corrected chi connectivity index (χ1v) is 16.0. The number of aromatic nitrogens is 2. The third kappa shape index (κ3) is 6.16. The molecular formula is C34H39ClFN7O2. The van der Waals surface area contributed by atoms with Gasteiger partial charge in [-0.15, -0.1) is 0 Å².